The maximum atomic E-state index is 13.6. The second-order valence-electron chi connectivity index (χ2n) is 13.0. The van der Waals surface area contributed by atoms with Crippen molar-refractivity contribution >= 4 is 29.7 Å². The van der Waals surface area contributed by atoms with E-state index in [0.29, 0.717) is 25.3 Å². The van der Waals surface area contributed by atoms with Gasteiger partial charge in [0.25, 0.3) is 11.8 Å². The molecule has 1 atom stereocenters. The van der Waals surface area contributed by atoms with Crippen molar-refractivity contribution in [2.45, 2.75) is 71.0 Å². The van der Waals surface area contributed by atoms with Crippen LogP contribution >= 0.6 is 0 Å². The number of carbonyl (C=O) groups excluding carboxylic acids is 4. The van der Waals surface area contributed by atoms with Crippen molar-refractivity contribution in [1.29, 1.82) is 0 Å². The lowest BCUT2D eigenvalue weighted by Crippen LogP contribution is -2.51. The lowest BCUT2D eigenvalue weighted by Gasteiger charge is -2.35. The second-order valence-corrected chi connectivity index (χ2v) is 13.0. The number of benzene rings is 2. The van der Waals surface area contributed by atoms with Crippen LogP contribution in [0.4, 0.5) is 0 Å². The predicted octanol–water partition coefficient (Wildman–Crippen LogP) is 4.02. The molecule has 2 aromatic carbocycles. The Hall–Kier alpha value is -4.77. The third kappa shape index (κ3) is 10.1. The molecule has 0 bridgehead atoms. The van der Waals surface area contributed by atoms with Crippen LogP contribution in [0.2, 0.25) is 0 Å². The first-order chi connectivity index (χ1) is 23.8. The number of nitrogens with zero attached hydrogens (tertiary/aromatic N) is 4. The van der Waals surface area contributed by atoms with Crippen LogP contribution in [0.5, 0.6) is 0 Å². The Labute approximate surface area is 289 Å². The Bertz CT molecular complexity index is 1590. The SMILES string of the molecule is CCC(=O)N/C(=C/c1ccc(CNC(=O)[C@@H](NC(=O)c2ccnn2C)C2CCCCCC2)cc1)C(=O)N1CCN(Cc2ccccc2)CC1. The molecule has 0 radical (unpaired) electrons. The Morgan fingerprint density at radius 1 is 0.878 bits per heavy atom. The largest absolute Gasteiger partial charge is 0.350 e. The minimum absolute atomic E-state index is 0.0633. The molecule has 3 aromatic rings. The van der Waals surface area contributed by atoms with E-state index >= 15 is 0 Å². The lowest BCUT2D eigenvalue weighted by atomic mass is 9.91. The van der Waals surface area contributed by atoms with Gasteiger partial charge in [-0.25, -0.2) is 0 Å². The van der Waals surface area contributed by atoms with Gasteiger partial charge in [-0.1, -0.05) is 87.2 Å². The van der Waals surface area contributed by atoms with Crippen LogP contribution in [-0.2, 0) is 34.5 Å². The average molecular weight is 668 g/mol. The Kier molecular flexibility index (Phi) is 12.7. The first-order valence-electron chi connectivity index (χ1n) is 17.5. The van der Waals surface area contributed by atoms with Crippen LogP contribution in [0, 0.1) is 5.92 Å². The lowest BCUT2D eigenvalue weighted by molar-refractivity contribution is -0.131. The zero-order chi connectivity index (χ0) is 34.6. The highest BCUT2D eigenvalue weighted by atomic mass is 16.2. The molecule has 11 heteroatoms. The van der Waals surface area contributed by atoms with Crippen molar-refractivity contribution in [3.63, 3.8) is 0 Å². The molecular weight excluding hydrogens is 618 g/mol. The zero-order valence-corrected chi connectivity index (χ0v) is 28.7. The van der Waals surface area contributed by atoms with Crippen molar-refractivity contribution < 1.29 is 19.2 Å². The summed E-state index contributed by atoms with van der Waals surface area (Å²) in [5.41, 5.74) is 3.54. The van der Waals surface area contributed by atoms with E-state index in [1.165, 1.54) is 10.2 Å². The standard InChI is InChI=1S/C38H49N7O4/c1-3-34(46)41-32(38(49)45-23-21-44(22-24-45)27-30-11-7-6-8-12-30)25-28-15-17-29(18-16-28)26-39-37(48)35(31-13-9-4-5-10-14-31)42-36(47)33-19-20-40-43(33)2/h6-8,11-12,15-20,25,31,35H,3-5,9-10,13-14,21-24,26-27H2,1-2H3,(H,39,48)(H,41,46)(H,42,47)/b32-25+/t35-/m0/s1. The number of nitrogens with one attached hydrogen (secondary N) is 3. The Morgan fingerprint density at radius 2 is 1.57 bits per heavy atom. The molecule has 3 N–H and O–H groups in total. The van der Waals surface area contributed by atoms with Crippen LogP contribution < -0.4 is 16.0 Å². The molecule has 2 heterocycles. The van der Waals surface area contributed by atoms with Crippen molar-refractivity contribution in [3.8, 4) is 0 Å². The first kappa shape index (κ1) is 35.5. The molecule has 1 saturated heterocycles. The third-order valence-electron chi connectivity index (χ3n) is 9.49. The fourth-order valence-electron chi connectivity index (χ4n) is 6.56. The van der Waals surface area contributed by atoms with Crippen molar-refractivity contribution in [2.75, 3.05) is 26.2 Å². The number of hydrogen-bond acceptors (Lipinski definition) is 6. The van der Waals surface area contributed by atoms with Gasteiger partial charge in [-0.2, -0.15) is 5.10 Å². The van der Waals surface area contributed by atoms with Crippen LogP contribution in [0.25, 0.3) is 6.08 Å². The summed E-state index contributed by atoms with van der Waals surface area (Å²) in [6, 6.07) is 18.8. The second kappa shape index (κ2) is 17.6. The summed E-state index contributed by atoms with van der Waals surface area (Å²) >= 11 is 0. The Balaban J connectivity index is 1.21. The normalized spacial score (nSPS) is 16.8. The van der Waals surface area contributed by atoms with Crippen LogP contribution in [0.15, 0.2) is 72.6 Å². The molecule has 11 nitrogen and oxygen atoms in total. The van der Waals surface area contributed by atoms with Crippen LogP contribution in [0.1, 0.15) is 79.0 Å². The summed E-state index contributed by atoms with van der Waals surface area (Å²) in [5, 5.41) is 13.0. The van der Waals surface area contributed by atoms with Gasteiger partial charge in [0.1, 0.15) is 17.4 Å². The quantitative estimate of drug-likeness (QED) is 0.198. The maximum Gasteiger partial charge on any atom is 0.270 e. The number of hydrogen-bond donors (Lipinski definition) is 3. The van der Waals surface area contributed by atoms with Gasteiger partial charge in [-0.15, -0.1) is 0 Å². The van der Waals surface area contributed by atoms with Crippen molar-refractivity contribution in [3.05, 3.63) is 94.9 Å². The van der Waals surface area contributed by atoms with Gasteiger partial charge >= 0.3 is 0 Å². The number of piperazine rings is 1. The molecule has 49 heavy (non-hydrogen) atoms. The molecule has 1 aromatic heterocycles. The van der Waals surface area contributed by atoms with Gasteiger partial charge in [0.15, 0.2) is 0 Å². The Morgan fingerprint density at radius 3 is 2.20 bits per heavy atom. The minimum atomic E-state index is -0.640. The van der Waals surface area contributed by atoms with E-state index < -0.39 is 6.04 Å². The summed E-state index contributed by atoms with van der Waals surface area (Å²) in [4.78, 5) is 56.7. The number of aryl methyl sites for hydroxylation is 1. The summed E-state index contributed by atoms with van der Waals surface area (Å²) in [5.74, 6) is -0.871. The zero-order valence-electron chi connectivity index (χ0n) is 28.7. The first-order valence-corrected chi connectivity index (χ1v) is 17.5. The molecule has 0 unspecified atom stereocenters. The maximum absolute atomic E-state index is 13.6. The topological polar surface area (TPSA) is 129 Å². The molecule has 260 valence electrons. The summed E-state index contributed by atoms with van der Waals surface area (Å²) in [6.07, 6.45) is 9.69. The van der Waals surface area contributed by atoms with Gasteiger partial charge < -0.3 is 20.9 Å². The van der Waals surface area contributed by atoms with Gasteiger partial charge in [0, 0.05) is 58.9 Å². The molecule has 1 aliphatic heterocycles. The van der Waals surface area contributed by atoms with Crippen molar-refractivity contribution in [1.82, 2.24) is 35.5 Å². The van der Waals surface area contributed by atoms with E-state index in [1.54, 1.807) is 37.2 Å². The smallest absolute Gasteiger partial charge is 0.270 e. The molecule has 5 rings (SSSR count). The van der Waals surface area contributed by atoms with Gasteiger partial charge in [-0.3, -0.25) is 28.8 Å². The van der Waals surface area contributed by atoms with Crippen LogP contribution in [-0.4, -0.2) is 75.4 Å². The van der Waals surface area contributed by atoms with Gasteiger partial charge in [0.05, 0.1) is 0 Å². The average Bonchev–Trinajstić information content (AvgIpc) is 3.38. The summed E-state index contributed by atoms with van der Waals surface area (Å²) in [6.45, 7) is 5.55. The van der Waals surface area contributed by atoms with Crippen LogP contribution in [0.3, 0.4) is 0 Å². The van der Waals surface area contributed by atoms with E-state index in [-0.39, 0.29) is 41.7 Å². The highest BCUT2D eigenvalue weighted by Gasteiger charge is 2.31. The molecule has 1 saturated carbocycles. The fourth-order valence-corrected chi connectivity index (χ4v) is 6.56. The number of carbonyl (C=O) groups is 4. The molecule has 1 aliphatic carbocycles. The fraction of sp³-hybridized carbons (Fsp3) is 0.447. The van der Waals surface area contributed by atoms with Gasteiger partial charge in [-0.05, 0) is 47.6 Å². The monoisotopic (exact) mass is 667 g/mol. The number of rotatable bonds is 12. The molecular formula is C38H49N7O4. The molecule has 4 amide bonds. The molecule has 0 spiro atoms. The summed E-state index contributed by atoms with van der Waals surface area (Å²) in [7, 11) is 1.71. The minimum Gasteiger partial charge on any atom is -0.350 e. The number of amides is 4. The van der Waals surface area contributed by atoms with E-state index in [0.717, 1.165) is 69.3 Å². The van der Waals surface area contributed by atoms with Crippen molar-refractivity contribution in [2.24, 2.45) is 13.0 Å². The summed E-state index contributed by atoms with van der Waals surface area (Å²) < 4.78 is 1.51. The third-order valence-corrected chi connectivity index (χ3v) is 9.49. The highest BCUT2D eigenvalue weighted by Crippen LogP contribution is 2.26. The molecule has 2 aliphatic rings. The van der Waals surface area contributed by atoms with E-state index in [4.69, 9.17) is 0 Å². The predicted molar refractivity (Wildman–Crippen MR) is 189 cm³/mol. The van der Waals surface area contributed by atoms with E-state index in [9.17, 15) is 19.2 Å². The van der Waals surface area contributed by atoms with E-state index in [1.807, 2.05) is 42.5 Å². The van der Waals surface area contributed by atoms with Gasteiger partial charge in [0.2, 0.25) is 11.8 Å². The highest BCUT2D eigenvalue weighted by molar-refractivity contribution is 6.01. The molecule has 2 fully saturated rings. The number of aromatic nitrogens is 2. The van der Waals surface area contributed by atoms with E-state index in [2.05, 4.69) is 38.1 Å².